The maximum absolute atomic E-state index is 13.0. The van der Waals surface area contributed by atoms with Crippen LogP contribution in [0, 0.1) is 12.7 Å². The van der Waals surface area contributed by atoms with Crippen LogP contribution in [0.5, 0.6) is 5.75 Å². The smallest absolute Gasteiger partial charge is 0.255 e. The number of para-hydroxylation sites is 2. The lowest BCUT2D eigenvalue weighted by Crippen LogP contribution is -2.11. The number of benzene rings is 3. The number of halogens is 1. The summed E-state index contributed by atoms with van der Waals surface area (Å²) in [4.78, 5) is 12.4. The number of hydrogen-bond acceptors (Lipinski definition) is 5. The molecular weight excluding hydrogens is 427 g/mol. The molecule has 0 aliphatic heterocycles. The highest BCUT2D eigenvalue weighted by molar-refractivity contribution is 7.98. The first-order valence-electron chi connectivity index (χ1n) is 9.89. The molecule has 32 heavy (non-hydrogen) atoms. The van der Waals surface area contributed by atoms with E-state index in [1.807, 2.05) is 47.9 Å². The second kappa shape index (κ2) is 9.65. The summed E-state index contributed by atoms with van der Waals surface area (Å²) in [6.07, 6.45) is 0. The van der Waals surface area contributed by atoms with E-state index in [1.54, 1.807) is 31.0 Å². The van der Waals surface area contributed by atoms with Crippen molar-refractivity contribution >= 4 is 23.4 Å². The van der Waals surface area contributed by atoms with Gasteiger partial charge in [0.15, 0.2) is 5.16 Å². The Balaban J connectivity index is 1.44. The minimum absolute atomic E-state index is 0.248. The summed E-state index contributed by atoms with van der Waals surface area (Å²) in [5, 5.41) is 12.0. The van der Waals surface area contributed by atoms with Crippen LogP contribution >= 0.6 is 11.8 Å². The molecule has 1 aromatic heterocycles. The first kappa shape index (κ1) is 21.6. The summed E-state index contributed by atoms with van der Waals surface area (Å²) >= 11 is 1.55. The summed E-state index contributed by atoms with van der Waals surface area (Å²) in [7, 11) is 1.64. The third kappa shape index (κ3) is 4.81. The predicted octanol–water partition coefficient (Wildman–Crippen LogP) is 5.27. The number of thioether (sulfide) groups is 1. The third-order valence-electron chi connectivity index (χ3n) is 4.81. The molecule has 0 saturated heterocycles. The molecule has 4 rings (SSSR count). The molecule has 0 bridgehead atoms. The van der Waals surface area contributed by atoms with Gasteiger partial charge in [0, 0.05) is 17.0 Å². The fraction of sp³-hybridized carbons (Fsp3) is 0.125. The van der Waals surface area contributed by atoms with Gasteiger partial charge < -0.3 is 10.1 Å². The molecule has 0 fully saturated rings. The zero-order chi connectivity index (χ0) is 22.5. The highest BCUT2D eigenvalue weighted by Crippen LogP contribution is 2.30. The lowest BCUT2D eigenvalue weighted by molar-refractivity contribution is 0.102. The molecule has 6 nitrogen and oxygen atoms in total. The first-order valence-corrected chi connectivity index (χ1v) is 10.9. The summed E-state index contributed by atoms with van der Waals surface area (Å²) in [5.74, 6) is 1.58. The van der Waals surface area contributed by atoms with Gasteiger partial charge in [-0.3, -0.25) is 9.36 Å². The monoisotopic (exact) mass is 448 g/mol. The van der Waals surface area contributed by atoms with Gasteiger partial charge in [-0.25, -0.2) is 4.39 Å². The SMILES string of the molecule is COc1ccccc1-n1c(C)nnc1SCc1ccc(C(=O)Nc2ccc(F)cc2)cc1. The van der Waals surface area contributed by atoms with Gasteiger partial charge in [-0.05, 0) is 61.0 Å². The van der Waals surface area contributed by atoms with Gasteiger partial charge in [0.1, 0.15) is 17.4 Å². The zero-order valence-electron chi connectivity index (χ0n) is 17.6. The third-order valence-corrected chi connectivity index (χ3v) is 5.81. The quantitative estimate of drug-likeness (QED) is 0.390. The lowest BCUT2D eigenvalue weighted by Gasteiger charge is -2.12. The molecule has 0 unspecified atom stereocenters. The number of ether oxygens (including phenoxy) is 1. The number of nitrogens with zero attached hydrogens (tertiary/aromatic N) is 3. The van der Waals surface area contributed by atoms with Crippen LogP contribution < -0.4 is 10.1 Å². The maximum atomic E-state index is 13.0. The van der Waals surface area contributed by atoms with E-state index in [4.69, 9.17) is 4.74 Å². The second-order valence-corrected chi connectivity index (χ2v) is 7.93. The average Bonchev–Trinajstić information content (AvgIpc) is 3.19. The van der Waals surface area contributed by atoms with Crippen LogP contribution in [0.3, 0.4) is 0 Å². The molecule has 0 radical (unpaired) electrons. The predicted molar refractivity (Wildman–Crippen MR) is 123 cm³/mol. The summed E-state index contributed by atoms with van der Waals surface area (Å²) < 4.78 is 20.5. The molecular formula is C24H21FN4O2S. The molecule has 4 aromatic rings. The molecule has 0 aliphatic rings. The van der Waals surface area contributed by atoms with Crippen LogP contribution in [0.4, 0.5) is 10.1 Å². The van der Waals surface area contributed by atoms with E-state index in [2.05, 4.69) is 15.5 Å². The highest BCUT2D eigenvalue weighted by Gasteiger charge is 2.15. The zero-order valence-corrected chi connectivity index (χ0v) is 18.4. The van der Waals surface area contributed by atoms with Gasteiger partial charge in [-0.2, -0.15) is 0 Å². The summed E-state index contributed by atoms with van der Waals surface area (Å²) in [6, 6.07) is 20.7. The number of aromatic nitrogens is 3. The van der Waals surface area contributed by atoms with Gasteiger partial charge in [0.05, 0.1) is 12.8 Å². The van der Waals surface area contributed by atoms with Gasteiger partial charge in [0.2, 0.25) is 0 Å². The number of rotatable bonds is 7. The Bertz CT molecular complexity index is 1220. The van der Waals surface area contributed by atoms with Crippen molar-refractivity contribution in [1.82, 2.24) is 14.8 Å². The summed E-state index contributed by atoms with van der Waals surface area (Å²) in [6.45, 7) is 1.90. The fourth-order valence-electron chi connectivity index (χ4n) is 3.16. The minimum atomic E-state index is -0.346. The van der Waals surface area contributed by atoms with Gasteiger partial charge >= 0.3 is 0 Å². The molecule has 0 saturated carbocycles. The van der Waals surface area contributed by atoms with Crippen molar-refractivity contribution in [1.29, 1.82) is 0 Å². The molecule has 1 N–H and O–H groups in total. The topological polar surface area (TPSA) is 69.0 Å². The van der Waals surface area contributed by atoms with E-state index in [1.165, 1.54) is 24.3 Å². The van der Waals surface area contributed by atoms with E-state index in [9.17, 15) is 9.18 Å². The van der Waals surface area contributed by atoms with Crippen molar-refractivity contribution in [2.24, 2.45) is 0 Å². The van der Waals surface area contributed by atoms with Crippen molar-refractivity contribution in [3.05, 3.63) is 95.6 Å². The van der Waals surface area contributed by atoms with Crippen molar-refractivity contribution in [3.8, 4) is 11.4 Å². The number of hydrogen-bond donors (Lipinski definition) is 1. The molecule has 0 aliphatic carbocycles. The van der Waals surface area contributed by atoms with Crippen LogP contribution in [0.1, 0.15) is 21.7 Å². The number of nitrogens with one attached hydrogen (secondary N) is 1. The largest absolute Gasteiger partial charge is 0.495 e. The Morgan fingerprint density at radius 1 is 1.03 bits per heavy atom. The Labute approximate surface area is 189 Å². The highest BCUT2D eigenvalue weighted by atomic mass is 32.2. The number of carbonyl (C=O) groups is 1. The number of amides is 1. The Morgan fingerprint density at radius 3 is 2.47 bits per heavy atom. The van der Waals surface area contributed by atoms with E-state index in [0.29, 0.717) is 17.0 Å². The Hall–Kier alpha value is -3.65. The van der Waals surface area contributed by atoms with Crippen molar-refractivity contribution in [2.45, 2.75) is 17.8 Å². The molecule has 0 atom stereocenters. The van der Waals surface area contributed by atoms with E-state index in [-0.39, 0.29) is 11.7 Å². The molecule has 8 heteroatoms. The minimum Gasteiger partial charge on any atom is -0.495 e. The molecule has 0 spiro atoms. The van der Waals surface area contributed by atoms with Crippen LogP contribution in [-0.4, -0.2) is 27.8 Å². The molecule has 1 heterocycles. The van der Waals surface area contributed by atoms with Gasteiger partial charge in [0.25, 0.3) is 5.91 Å². The maximum Gasteiger partial charge on any atom is 0.255 e. The van der Waals surface area contributed by atoms with Crippen LogP contribution in [0.2, 0.25) is 0 Å². The van der Waals surface area contributed by atoms with Crippen molar-refractivity contribution < 1.29 is 13.9 Å². The number of methoxy groups -OCH3 is 1. The summed E-state index contributed by atoms with van der Waals surface area (Å²) in [5.41, 5.74) is 2.99. The van der Waals surface area contributed by atoms with Crippen LogP contribution in [0.15, 0.2) is 78.0 Å². The molecule has 162 valence electrons. The van der Waals surface area contributed by atoms with E-state index in [0.717, 1.165) is 28.0 Å². The van der Waals surface area contributed by atoms with Crippen molar-refractivity contribution in [2.75, 3.05) is 12.4 Å². The van der Waals surface area contributed by atoms with Gasteiger partial charge in [-0.1, -0.05) is 36.0 Å². The van der Waals surface area contributed by atoms with Crippen molar-refractivity contribution in [3.63, 3.8) is 0 Å². The average molecular weight is 449 g/mol. The molecule has 3 aromatic carbocycles. The Morgan fingerprint density at radius 2 is 1.75 bits per heavy atom. The number of carbonyl (C=O) groups excluding carboxylic acids is 1. The number of anilines is 1. The van der Waals surface area contributed by atoms with Crippen LogP contribution in [0.25, 0.3) is 5.69 Å². The second-order valence-electron chi connectivity index (χ2n) is 6.98. The molecule has 1 amide bonds. The van der Waals surface area contributed by atoms with E-state index < -0.39 is 0 Å². The first-order chi connectivity index (χ1) is 15.5. The standard InChI is InChI=1S/C24H21FN4O2S/c1-16-27-28-24(29(16)21-5-3-4-6-22(21)31-2)32-15-17-7-9-18(10-8-17)23(30)26-20-13-11-19(25)12-14-20/h3-14H,15H2,1-2H3,(H,26,30). The Kier molecular flexibility index (Phi) is 6.51. The van der Waals surface area contributed by atoms with Gasteiger partial charge in [-0.15, -0.1) is 10.2 Å². The lowest BCUT2D eigenvalue weighted by atomic mass is 10.1. The van der Waals surface area contributed by atoms with Crippen LogP contribution in [-0.2, 0) is 5.75 Å². The van der Waals surface area contributed by atoms with E-state index >= 15 is 0 Å². The normalized spacial score (nSPS) is 10.7. The number of aryl methyl sites for hydroxylation is 1. The fourth-order valence-corrected chi connectivity index (χ4v) is 4.11.